The van der Waals surface area contributed by atoms with E-state index in [9.17, 15) is 5.11 Å². The lowest BCUT2D eigenvalue weighted by molar-refractivity contribution is 0.164. The van der Waals surface area contributed by atoms with E-state index in [-0.39, 0.29) is 12.1 Å². The number of rotatable bonds is 1. The van der Waals surface area contributed by atoms with Crippen molar-refractivity contribution in [3.8, 4) is 0 Å². The maximum absolute atomic E-state index is 9.62. The minimum Gasteiger partial charge on any atom is -0.391 e. The van der Waals surface area contributed by atoms with Gasteiger partial charge in [-0.2, -0.15) is 0 Å². The zero-order valence-electron chi connectivity index (χ0n) is 7.04. The van der Waals surface area contributed by atoms with Crippen molar-refractivity contribution in [3.63, 3.8) is 0 Å². The van der Waals surface area contributed by atoms with Crippen LogP contribution in [0, 0.1) is 0 Å². The molecule has 0 radical (unpaired) electrons. The topological polar surface area (TPSA) is 72.2 Å². The number of fused-ring (bicyclic) bond motifs is 1. The third kappa shape index (κ3) is 1.44. The monoisotopic (exact) mass is 246 g/mol. The fraction of sp³-hybridized carbons (Fsp3) is 1.00. The van der Waals surface area contributed by atoms with E-state index in [4.69, 9.17) is 5.53 Å². The predicted molar refractivity (Wildman–Crippen MR) is 51.6 cm³/mol. The quantitative estimate of drug-likeness (QED) is 0.323. The van der Waals surface area contributed by atoms with Crippen LogP contribution in [0.25, 0.3) is 10.4 Å². The summed E-state index contributed by atoms with van der Waals surface area (Å²) < 4.78 is 0. The van der Waals surface area contributed by atoms with Gasteiger partial charge >= 0.3 is 0 Å². The molecule has 2 heterocycles. The van der Waals surface area contributed by atoms with Crippen LogP contribution in [0.2, 0.25) is 0 Å². The standard InChI is InChI=1S/C7H11BrN4O/c8-4-1-2-12-3-5(13)6(7(4)12)10-11-9/h4-7,13H,1-3H2/t4-,5+,6-,7+/m0/s1. The van der Waals surface area contributed by atoms with Crippen molar-refractivity contribution in [2.45, 2.75) is 29.4 Å². The minimum absolute atomic E-state index is 0.186. The molecule has 0 aromatic carbocycles. The van der Waals surface area contributed by atoms with Gasteiger partial charge in [0.15, 0.2) is 0 Å². The average Bonchev–Trinajstić information content (AvgIpc) is 2.57. The van der Waals surface area contributed by atoms with Gasteiger partial charge in [-0.3, -0.25) is 4.90 Å². The van der Waals surface area contributed by atoms with Gasteiger partial charge in [0.05, 0.1) is 12.1 Å². The Labute approximate surface area is 84.5 Å². The van der Waals surface area contributed by atoms with Gasteiger partial charge in [0.25, 0.3) is 0 Å². The fourth-order valence-corrected chi connectivity index (χ4v) is 3.11. The molecule has 6 heteroatoms. The summed E-state index contributed by atoms with van der Waals surface area (Å²) >= 11 is 3.55. The normalized spacial score (nSPS) is 44.5. The highest BCUT2D eigenvalue weighted by atomic mass is 79.9. The second-order valence-corrected chi connectivity index (χ2v) is 4.73. The van der Waals surface area contributed by atoms with Crippen molar-refractivity contribution in [2.24, 2.45) is 5.11 Å². The molecule has 5 nitrogen and oxygen atoms in total. The number of hydrogen-bond donors (Lipinski definition) is 1. The molecule has 0 bridgehead atoms. The minimum atomic E-state index is -0.499. The van der Waals surface area contributed by atoms with Gasteiger partial charge in [-0.15, -0.1) is 0 Å². The second kappa shape index (κ2) is 3.46. The molecule has 0 amide bonds. The maximum Gasteiger partial charge on any atom is 0.0812 e. The van der Waals surface area contributed by atoms with Crippen molar-refractivity contribution in [3.05, 3.63) is 10.4 Å². The highest BCUT2D eigenvalue weighted by Gasteiger charge is 2.47. The Morgan fingerprint density at radius 1 is 1.62 bits per heavy atom. The summed E-state index contributed by atoms with van der Waals surface area (Å²) in [4.78, 5) is 5.31. The summed E-state index contributed by atoms with van der Waals surface area (Å²) in [5.41, 5.74) is 8.36. The van der Waals surface area contributed by atoms with Crippen LogP contribution >= 0.6 is 15.9 Å². The van der Waals surface area contributed by atoms with Crippen molar-refractivity contribution >= 4 is 15.9 Å². The van der Waals surface area contributed by atoms with Crippen LogP contribution in [-0.2, 0) is 0 Å². The van der Waals surface area contributed by atoms with Crippen molar-refractivity contribution in [1.82, 2.24) is 4.90 Å². The third-order valence-electron chi connectivity index (χ3n) is 2.83. The van der Waals surface area contributed by atoms with Gasteiger partial charge in [0, 0.05) is 22.3 Å². The molecule has 2 rings (SSSR count). The van der Waals surface area contributed by atoms with E-state index in [1.165, 1.54) is 0 Å². The molecule has 2 saturated heterocycles. The Morgan fingerprint density at radius 2 is 2.38 bits per heavy atom. The van der Waals surface area contributed by atoms with Crippen molar-refractivity contribution in [1.29, 1.82) is 0 Å². The van der Waals surface area contributed by atoms with Crippen LogP contribution in [0.1, 0.15) is 6.42 Å². The molecule has 0 spiro atoms. The predicted octanol–water partition coefficient (Wildman–Crippen LogP) is 0.878. The zero-order valence-corrected chi connectivity index (χ0v) is 8.63. The molecule has 72 valence electrons. The number of halogens is 1. The first kappa shape index (κ1) is 9.27. The number of aliphatic hydroxyl groups excluding tert-OH is 1. The molecule has 0 saturated carbocycles. The molecule has 2 aliphatic rings. The Bertz CT molecular complexity index is 255. The largest absolute Gasteiger partial charge is 0.391 e. The van der Waals surface area contributed by atoms with E-state index in [2.05, 4.69) is 30.9 Å². The number of hydrogen-bond acceptors (Lipinski definition) is 3. The maximum atomic E-state index is 9.62. The van der Waals surface area contributed by atoms with Crippen LogP contribution in [0.4, 0.5) is 0 Å². The highest BCUT2D eigenvalue weighted by Crippen LogP contribution is 2.34. The van der Waals surface area contributed by atoms with E-state index >= 15 is 0 Å². The second-order valence-electron chi connectivity index (χ2n) is 3.55. The lowest BCUT2D eigenvalue weighted by atomic mass is 10.1. The summed E-state index contributed by atoms with van der Waals surface area (Å²) in [5.74, 6) is 0. The molecule has 4 atom stereocenters. The molecule has 2 fully saturated rings. The van der Waals surface area contributed by atoms with E-state index in [1.807, 2.05) is 0 Å². The van der Waals surface area contributed by atoms with Crippen LogP contribution in [0.15, 0.2) is 5.11 Å². The molecule has 13 heavy (non-hydrogen) atoms. The van der Waals surface area contributed by atoms with E-state index in [0.29, 0.717) is 11.4 Å². The number of aliphatic hydroxyl groups is 1. The fourth-order valence-electron chi connectivity index (χ4n) is 2.26. The summed E-state index contributed by atoms with van der Waals surface area (Å²) in [7, 11) is 0. The van der Waals surface area contributed by atoms with Gasteiger partial charge < -0.3 is 5.11 Å². The molecule has 0 aliphatic carbocycles. The number of alkyl halides is 1. The highest BCUT2D eigenvalue weighted by molar-refractivity contribution is 9.09. The summed E-state index contributed by atoms with van der Waals surface area (Å²) in [6.07, 6.45) is 0.565. The molecule has 2 aliphatic heterocycles. The van der Waals surface area contributed by atoms with Crippen LogP contribution < -0.4 is 0 Å². The van der Waals surface area contributed by atoms with Crippen LogP contribution in [-0.4, -0.2) is 46.1 Å². The van der Waals surface area contributed by atoms with Gasteiger partial charge in [-0.1, -0.05) is 21.0 Å². The summed E-state index contributed by atoms with van der Waals surface area (Å²) in [6, 6.07) is -0.0947. The average molecular weight is 247 g/mol. The molecule has 1 N–H and O–H groups in total. The lowest BCUT2D eigenvalue weighted by Crippen LogP contribution is -2.34. The lowest BCUT2D eigenvalue weighted by Gasteiger charge is -2.19. The van der Waals surface area contributed by atoms with Gasteiger partial charge in [0.2, 0.25) is 0 Å². The van der Waals surface area contributed by atoms with Gasteiger partial charge in [-0.25, -0.2) is 0 Å². The van der Waals surface area contributed by atoms with Gasteiger partial charge in [0.1, 0.15) is 0 Å². The van der Waals surface area contributed by atoms with Crippen LogP contribution in [0.3, 0.4) is 0 Å². The Morgan fingerprint density at radius 3 is 3.08 bits per heavy atom. The number of nitrogens with zero attached hydrogens (tertiary/aromatic N) is 4. The first-order valence-electron chi connectivity index (χ1n) is 4.34. The molecular weight excluding hydrogens is 236 g/mol. The molecular formula is C7H11BrN4O. The summed E-state index contributed by atoms with van der Waals surface area (Å²) in [6.45, 7) is 1.62. The first-order valence-corrected chi connectivity index (χ1v) is 5.26. The van der Waals surface area contributed by atoms with Gasteiger partial charge in [-0.05, 0) is 18.5 Å². The molecule has 0 unspecified atom stereocenters. The first-order chi connectivity index (χ1) is 6.24. The van der Waals surface area contributed by atoms with E-state index < -0.39 is 6.10 Å². The zero-order chi connectivity index (χ0) is 9.42. The van der Waals surface area contributed by atoms with Crippen molar-refractivity contribution < 1.29 is 5.11 Å². The summed E-state index contributed by atoms with van der Waals surface area (Å²) in [5, 5.41) is 13.3. The van der Waals surface area contributed by atoms with E-state index in [0.717, 1.165) is 13.0 Å². The smallest absolute Gasteiger partial charge is 0.0812 e. The van der Waals surface area contributed by atoms with Crippen molar-refractivity contribution in [2.75, 3.05) is 13.1 Å². The van der Waals surface area contributed by atoms with Crippen LogP contribution in [0.5, 0.6) is 0 Å². The Balaban J connectivity index is 2.20. The van der Waals surface area contributed by atoms with E-state index in [1.54, 1.807) is 0 Å². The number of azide groups is 1. The Hall–Kier alpha value is -0.290. The molecule has 0 aromatic rings. The third-order valence-corrected chi connectivity index (χ3v) is 3.83. The molecule has 0 aromatic heterocycles. The SMILES string of the molecule is [N-]=[N+]=N[C@@H]1[C@H]2[C@@H](Br)CCN2C[C@H]1O. The Kier molecular flexibility index (Phi) is 2.47.